The van der Waals surface area contributed by atoms with Gasteiger partial charge >= 0.3 is 5.97 Å². The number of amides is 1. The van der Waals surface area contributed by atoms with Crippen LogP contribution in [-0.2, 0) is 4.79 Å². The Morgan fingerprint density at radius 1 is 1.27 bits per heavy atom. The summed E-state index contributed by atoms with van der Waals surface area (Å²) in [7, 11) is 0. The van der Waals surface area contributed by atoms with E-state index in [2.05, 4.69) is 25.7 Å². The van der Waals surface area contributed by atoms with Gasteiger partial charge in [0.05, 0.1) is 11.9 Å². The van der Waals surface area contributed by atoms with Crippen molar-refractivity contribution in [3.8, 4) is 11.3 Å². The van der Waals surface area contributed by atoms with Crippen molar-refractivity contribution in [2.45, 2.75) is 26.2 Å². The summed E-state index contributed by atoms with van der Waals surface area (Å²) in [5.74, 6) is -1.51. The minimum absolute atomic E-state index is 0.0156. The number of hydrogen-bond acceptors (Lipinski definition) is 4. The molecule has 1 atom stereocenters. The molecule has 0 saturated heterocycles. The van der Waals surface area contributed by atoms with E-state index in [1.54, 1.807) is 6.20 Å². The molecular formula is C18H17N5O3. The van der Waals surface area contributed by atoms with E-state index in [-0.39, 0.29) is 23.8 Å². The first-order chi connectivity index (χ1) is 12.5. The van der Waals surface area contributed by atoms with Crippen LogP contribution in [0.2, 0.25) is 0 Å². The van der Waals surface area contributed by atoms with Crippen molar-refractivity contribution in [2.24, 2.45) is 0 Å². The number of rotatable bonds is 3. The Hall–Kier alpha value is -3.42. The van der Waals surface area contributed by atoms with Gasteiger partial charge in [-0.05, 0) is 25.5 Å². The molecule has 1 aliphatic rings. The molecule has 3 heterocycles. The molecule has 2 aromatic heterocycles. The van der Waals surface area contributed by atoms with Gasteiger partial charge in [-0.15, -0.1) is 0 Å². The molecular weight excluding hydrogens is 334 g/mol. The maximum absolute atomic E-state index is 12.1. The third kappa shape index (κ3) is 2.46. The number of fused-ring (bicyclic) bond motifs is 1. The van der Waals surface area contributed by atoms with Crippen molar-refractivity contribution in [1.29, 1.82) is 0 Å². The lowest BCUT2D eigenvalue weighted by Gasteiger charge is -2.23. The van der Waals surface area contributed by atoms with Crippen LogP contribution in [-0.4, -0.2) is 37.4 Å². The Morgan fingerprint density at radius 2 is 2.08 bits per heavy atom. The predicted molar refractivity (Wildman–Crippen MR) is 94.1 cm³/mol. The van der Waals surface area contributed by atoms with E-state index < -0.39 is 11.9 Å². The van der Waals surface area contributed by atoms with Gasteiger partial charge < -0.3 is 10.4 Å². The Labute approximate surface area is 148 Å². The van der Waals surface area contributed by atoms with E-state index in [0.717, 1.165) is 27.9 Å². The summed E-state index contributed by atoms with van der Waals surface area (Å²) in [6.45, 7) is 4.00. The fourth-order valence-corrected chi connectivity index (χ4v) is 3.46. The van der Waals surface area contributed by atoms with Crippen LogP contribution < -0.4 is 5.32 Å². The summed E-state index contributed by atoms with van der Waals surface area (Å²) in [5.41, 5.74) is 5.16. The number of carbonyl (C=O) groups is 2. The van der Waals surface area contributed by atoms with Gasteiger partial charge in [0.2, 0.25) is 5.91 Å². The van der Waals surface area contributed by atoms with Gasteiger partial charge in [0.25, 0.3) is 0 Å². The maximum atomic E-state index is 12.1. The first-order valence-corrected chi connectivity index (χ1v) is 8.18. The third-order valence-electron chi connectivity index (χ3n) is 4.72. The lowest BCUT2D eigenvalue weighted by Crippen LogP contribution is -2.24. The van der Waals surface area contributed by atoms with Crippen LogP contribution in [0.4, 0.5) is 5.82 Å². The first-order valence-electron chi connectivity index (χ1n) is 8.18. The van der Waals surface area contributed by atoms with Crippen LogP contribution in [0.25, 0.3) is 11.3 Å². The molecule has 1 aromatic carbocycles. The molecule has 1 aliphatic heterocycles. The molecule has 0 radical (unpaired) electrons. The summed E-state index contributed by atoms with van der Waals surface area (Å²) < 4.78 is 0. The number of hydrogen-bond donors (Lipinski definition) is 4. The van der Waals surface area contributed by atoms with Gasteiger partial charge in [0, 0.05) is 29.0 Å². The Balaban J connectivity index is 1.90. The molecule has 4 rings (SSSR count). The Kier molecular flexibility index (Phi) is 3.61. The number of aromatic carboxylic acids is 1. The van der Waals surface area contributed by atoms with Crippen LogP contribution in [0.5, 0.6) is 0 Å². The number of aromatic nitrogens is 4. The summed E-state index contributed by atoms with van der Waals surface area (Å²) >= 11 is 0. The minimum Gasteiger partial charge on any atom is -0.477 e. The second-order valence-electron chi connectivity index (χ2n) is 6.49. The zero-order chi connectivity index (χ0) is 18.4. The van der Waals surface area contributed by atoms with Crippen molar-refractivity contribution in [3.05, 3.63) is 52.3 Å². The monoisotopic (exact) mass is 351 g/mol. The van der Waals surface area contributed by atoms with Crippen LogP contribution in [0.3, 0.4) is 0 Å². The standard InChI is InChI=1S/C18H17N5O3/c1-8-3-4-9(2)10(5-8)15-12(7-19-21-15)11-6-13(24)20-17-14(11)16(18(25)26)22-23-17/h3-5,7,11H,6H2,1-2H3,(H,19,21)(H,25,26)(H2,20,22,23,24)/t11-/m0/s1. The Morgan fingerprint density at radius 3 is 2.85 bits per heavy atom. The average Bonchev–Trinajstić information content (AvgIpc) is 3.23. The molecule has 132 valence electrons. The predicted octanol–water partition coefficient (Wildman–Crippen LogP) is 2.59. The van der Waals surface area contributed by atoms with E-state index >= 15 is 0 Å². The zero-order valence-electron chi connectivity index (χ0n) is 14.3. The van der Waals surface area contributed by atoms with Crippen molar-refractivity contribution in [2.75, 3.05) is 5.32 Å². The number of H-pyrrole nitrogens is 2. The number of benzene rings is 1. The summed E-state index contributed by atoms with van der Waals surface area (Å²) in [5, 5.41) is 25.7. The van der Waals surface area contributed by atoms with Gasteiger partial charge in [-0.3, -0.25) is 15.0 Å². The highest BCUT2D eigenvalue weighted by Crippen LogP contribution is 2.41. The quantitative estimate of drug-likeness (QED) is 0.577. The molecule has 0 spiro atoms. The largest absolute Gasteiger partial charge is 0.477 e. The third-order valence-corrected chi connectivity index (χ3v) is 4.72. The van der Waals surface area contributed by atoms with Crippen molar-refractivity contribution < 1.29 is 14.7 Å². The zero-order valence-corrected chi connectivity index (χ0v) is 14.3. The SMILES string of the molecule is Cc1ccc(C)c(-c2[nH]ncc2[C@@H]2CC(=O)Nc3n[nH]c(C(=O)O)c32)c1. The van der Waals surface area contributed by atoms with Crippen LogP contribution in [0.1, 0.15) is 45.1 Å². The van der Waals surface area contributed by atoms with Gasteiger partial charge in [0.1, 0.15) is 5.69 Å². The number of carbonyl (C=O) groups excluding carboxylic acids is 1. The number of nitrogens with one attached hydrogen (secondary N) is 3. The van der Waals surface area contributed by atoms with Crippen LogP contribution in [0.15, 0.2) is 24.4 Å². The van der Waals surface area contributed by atoms with Crippen molar-refractivity contribution >= 4 is 17.7 Å². The number of aryl methyl sites for hydroxylation is 2. The first kappa shape index (κ1) is 16.1. The fraction of sp³-hybridized carbons (Fsp3) is 0.222. The molecule has 0 bridgehead atoms. The fourth-order valence-electron chi connectivity index (χ4n) is 3.46. The second-order valence-corrected chi connectivity index (χ2v) is 6.49. The van der Waals surface area contributed by atoms with Gasteiger partial charge in [-0.2, -0.15) is 10.2 Å². The van der Waals surface area contributed by atoms with E-state index in [1.165, 1.54) is 0 Å². The molecule has 4 N–H and O–H groups in total. The van der Waals surface area contributed by atoms with Crippen LogP contribution >= 0.6 is 0 Å². The minimum atomic E-state index is -1.11. The molecule has 0 aliphatic carbocycles. The van der Waals surface area contributed by atoms with Gasteiger partial charge in [-0.25, -0.2) is 4.79 Å². The summed E-state index contributed by atoms with van der Waals surface area (Å²) in [6, 6.07) is 6.10. The highest BCUT2D eigenvalue weighted by Gasteiger charge is 2.35. The lowest BCUT2D eigenvalue weighted by molar-refractivity contribution is -0.116. The van der Waals surface area contributed by atoms with E-state index in [9.17, 15) is 14.7 Å². The lowest BCUT2D eigenvalue weighted by atomic mass is 9.84. The molecule has 0 fully saturated rings. The number of nitrogens with zero attached hydrogens (tertiary/aromatic N) is 2. The number of aromatic amines is 2. The maximum Gasteiger partial charge on any atom is 0.354 e. The Bertz CT molecular complexity index is 1030. The molecule has 0 saturated carbocycles. The summed E-state index contributed by atoms with van der Waals surface area (Å²) in [4.78, 5) is 23.7. The normalized spacial score (nSPS) is 16.2. The molecule has 0 unspecified atom stereocenters. The number of anilines is 1. The van der Waals surface area contributed by atoms with Crippen molar-refractivity contribution in [1.82, 2.24) is 20.4 Å². The van der Waals surface area contributed by atoms with Gasteiger partial charge in [0.15, 0.2) is 5.82 Å². The molecule has 26 heavy (non-hydrogen) atoms. The molecule has 3 aromatic rings. The second kappa shape index (κ2) is 5.83. The number of carboxylic acid groups (broad SMARTS) is 1. The van der Waals surface area contributed by atoms with E-state index in [4.69, 9.17) is 0 Å². The molecule has 8 nitrogen and oxygen atoms in total. The van der Waals surface area contributed by atoms with Gasteiger partial charge in [-0.1, -0.05) is 17.7 Å². The van der Waals surface area contributed by atoms with E-state index in [1.807, 2.05) is 32.0 Å². The van der Waals surface area contributed by atoms with Crippen molar-refractivity contribution in [3.63, 3.8) is 0 Å². The average molecular weight is 351 g/mol. The summed E-state index contributed by atoms with van der Waals surface area (Å²) in [6.07, 6.45) is 1.78. The highest BCUT2D eigenvalue weighted by molar-refractivity contribution is 5.98. The highest BCUT2D eigenvalue weighted by atomic mass is 16.4. The topological polar surface area (TPSA) is 124 Å². The number of carboxylic acids is 1. The molecule has 8 heteroatoms. The smallest absolute Gasteiger partial charge is 0.354 e. The molecule has 1 amide bonds. The van der Waals surface area contributed by atoms with Crippen LogP contribution in [0, 0.1) is 13.8 Å². The van der Waals surface area contributed by atoms with E-state index in [0.29, 0.717) is 5.56 Å².